The number of ether oxygens (including phenoxy) is 1. The summed E-state index contributed by atoms with van der Waals surface area (Å²) >= 11 is 0. The van der Waals surface area contributed by atoms with Crippen molar-refractivity contribution < 1.29 is 19.1 Å². The van der Waals surface area contributed by atoms with Gasteiger partial charge in [0.05, 0.1) is 6.04 Å². The number of imide groups is 1. The van der Waals surface area contributed by atoms with Crippen molar-refractivity contribution in [1.82, 2.24) is 10.2 Å². The number of amides is 3. The molecule has 210 valence electrons. The minimum Gasteiger partial charge on any atom is -0.444 e. The Kier molecular flexibility index (Phi) is 16.6. The fraction of sp³-hybridized carbons (Fsp3) is 0.700. The molecule has 3 amide bonds. The highest BCUT2D eigenvalue weighted by Crippen LogP contribution is 2.18. The van der Waals surface area contributed by atoms with E-state index >= 15 is 0 Å². The summed E-state index contributed by atoms with van der Waals surface area (Å²) in [6.07, 6.45) is 11.3. The summed E-state index contributed by atoms with van der Waals surface area (Å²) in [6.45, 7) is 10.0. The molecule has 0 saturated carbocycles. The van der Waals surface area contributed by atoms with Crippen molar-refractivity contribution in [1.29, 1.82) is 0 Å². The molecule has 7 heteroatoms. The van der Waals surface area contributed by atoms with E-state index in [0.29, 0.717) is 6.54 Å². The van der Waals surface area contributed by atoms with Crippen molar-refractivity contribution in [3.05, 3.63) is 35.9 Å². The number of nitrogens with two attached hydrogens (primary N) is 1. The first-order valence-corrected chi connectivity index (χ1v) is 14.3. The van der Waals surface area contributed by atoms with Gasteiger partial charge in [0.15, 0.2) is 0 Å². The number of rotatable bonds is 18. The molecule has 0 aromatic heterocycles. The number of carbonyl (C=O) groups excluding carboxylic acids is 3. The largest absolute Gasteiger partial charge is 0.444 e. The second-order valence-electron chi connectivity index (χ2n) is 10.7. The molecule has 0 heterocycles. The van der Waals surface area contributed by atoms with Crippen molar-refractivity contribution in [2.24, 2.45) is 17.6 Å². The Morgan fingerprint density at radius 2 is 1.38 bits per heavy atom. The summed E-state index contributed by atoms with van der Waals surface area (Å²) in [5, 5.41) is 2.94. The van der Waals surface area contributed by atoms with Gasteiger partial charge in [-0.2, -0.15) is 0 Å². The second-order valence-corrected chi connectivity index (χ2v) is 10.7. The number of nitrogens with one attached hydrogen (secondary N) is 1. The third kappa shape index (κ3) is 12.6. The number of carbonyl (C=O) groups is 3. The Morgan fingerprint density at radius 1 is 0.838 bits per heavy atom. The molecule has 0 fully saturated rings. The minimum absolute atomic E-state index is 0.00537. The molecule has 0 aliphatic carbocycles. The van der Waals surface area contributed by atoms with Crippen LogP contribution in [0.4, 0.5) is 4.79 Å². The van der Waals surface area contributed by atoms with E-state index in [1.807, 2.05) is 58.0 Å². The molecule has 1 aromatic rings. The Balaban J connectivity index is 2.69. The molecule has 0 unspecified atom stereocenters. The van der Waals surface area contributed by atoms with Crippen LogP contribution in [-0.4, -0.2) is 41.4 Å². The summed E-state index contributed by atoms with van der Waals surface area (Å²) in [4.78, 5) is 40.6. The fourth-order valence-corrected chi connectivity index (χ4v) is 4.22. The van der Waals surface area contributed by atoms with E-state index in [-0.39, 0.29) is 24.3 Å². The first-order valence-electron chi connectivity index (χ1n) is 14.3. The van der Waals surface area contributed by atoms with E-state index in [1.165, 1.54) is 44.9 Å². The highest BCUT2D eigenvalue weighted by molar-refractivity contribution is 6.00. The zero-order valence-corrected chi connectivity index (χ0v) is 23.8. The van der Waals surface area contributed by atoms with Crippen molar-refractivity contribution >= 4 is 17.9 Å². The summed E-state index contributed by atoms with van der Waals surface area (Å²) in [5.41, 5.74) is 6.92. The number of hydrogen-bond donors (Lipinski definition) is 2. The van der Waals surface area contributed by atoms with Gasteiger partial charge in [0.1, 0.15) is 12.6 Å². The predicted octanol–water partition coefficient (Wildman–Crippen LogP) is 6.20. The first kappa shape index (κ1) is 32.6. The van der Waals surface area contributed by atoms with Gasteiger partial charge in [-0.3, -0.25) is 9.59 Å². The number of benzene rings is 1. The van der Waals surface area contributed by atoms with Gasteiger partial charge in [-0.1, -0.05) is 123 Å². The molecule has 0 bridgehead atoms. The molecule has 0 radical (unpaired) electrons. The van der Waals surface area contributed by atoms with Crippen LogP contribution in [0.1, 0.15) is 104 Å². The van der Waals surface area contributed by atoms with Crippen molar-refractivity contribution in [3.63, 3.8) is 0 Å². The normalized spacial score (nSPS) is 12.9. The molecular formula is C30H51N3O4. The Labute approximate surface area is 224 Å². The summed E-state index contributed by atoms with van der Waals surface area (Å²) in [7, 11) is 0. The monoisotopic (exact) mass is 517 g/mol. The highest BCUT2D eigenvalue weighted by Gasteiger charge is 2.40. The van der Waals surface area contributed by atoms with E-state index in [1.54, 1.807) is 0 Å². The lowest BCUT2D eigenvalue weighted by Crippen LogP contribution is -2.59. The minimum atomic E-state index is -0.997. The van der Waals surface area contributed by atoms with Gasteiger partial charge in [-0.25, -0.2) is 9.69 Å². The third-order valence-electron chi connectivity index (χ3n) is 6.65. The lowest BCUT2D eigenvalue weighted by atomic mass is 9.98. The average molecular weight is 518 g/mol. The second kappa shape index (κ2) is 18.8. The van der Waals surface area contributed by atoms with Crippen LogP contribution in [-0.2, 0) is 20.9 Å². The van der Waals surface area contributed by atoms with Crippen LogP contribution in [0, 0.1) is 11.8 Å². The van der Waals surface area contributed by atoms with Gasteiger partial charge in [0.2, 0.25) is 11.8 Å². The molecule has 0 spiro atoms. The summed E-state index contributed by atoms with van der Waals surface area (Å²) in [6, 6.07) is 7.31. The first-order chi connectivity index (χ1) is 17.7. The van der Waals surface area contributed by atoms with E-state index in [2.05, 4.69) is 12.2 Å². The van der Waals surface area contributed by atoms with Crippen LogP contribution in [0.3, 0.4) is 0 Å². The molecule has 0 saturated heterocycles. The maximum atomic E-state index is 13.3. The zero-order chi connectivity index (χ0) is 27.6. The molecule has 3 N–H and O–H groups in total. The summed E-state index contributed by atoms with van der Waals surface area (Å²) < 4.78 is 5.46. The van der Waals surface area contributed by atoms with E-state index in [0.717, 1.165) is 29.7 Å². The molecule has 1 rings (SSSR count). The molecule has 2 atom stereocenters. The van der Waals surface area contributed by atoms with Crippen LogP contribution in [0.5, 0.6) is 0 Å². The fourth-order valence-electron chi connectivity index (χ4n) is 4.22. The van der Waals surface area contributed by atoms with E-state index in [9.17, 15) is 14.4 Å². The average Bonchev–Trinajstić information content (AvgIpc) is 2.88. The van der Waals surface area contributed by atoms with E-state index < -0.39 is 24.1 Å². The van der Waals surface area contributed by atoms with Gasteiger partial charge in [0.25, 0.3) is 0 Å². The molecule has 0 aliphatic rings. The van der Waals surface area contributed by atoms with Gasteiger partial charge in [-0.15, -0.1) is 0 Å². The van der Waals surface area contributed by atoms with Crippen LogP contribution in [0.2, 0.25) is 0 Å². The molecule has 37 heavy (non-hydrogen) atoms. The Bertz CT molecular complexity index is 782. The highest BCUT2D eigenvalue weighted by atomic mass is 16.6. The van der Waals surface area contributed by atoms with Crippen molar-refractivity contribution in [3.8, 4) is 0 Å². The third-order valence-corrected chi connectivity index (χ3v) is 6.65. The Morgan fingerprint density at radius 3 is 1.89 bits per heavy atom. The SMILES string of the molecule is CCCCCCCCCCCCNC(=O)[C@H](C(C)C)N(C(=O)OCc1ccccc1)C(=O)[C@@H](N)C(C)C. The summed E-state index contributed by atoms with van der Waals surface area (Å²) in [5.74, 6) is -1.45. The zero-order valence-electron chi connectivity index (χ0n) is 23.8. The molecular weight excluding hydrogens is 466 g/mol. The molecule has 1 aromatic carbocycles. The van der Waals surface area contributed by atoms with E-state index in [4.69, 9.17) is 10.5 Å². The Hall–Kier alpha value is -2.41. The predicted molar refractivity (Wildman–Crippen MR) is 150 cm³/mol. The molecule has 0 aliphatic heterocycles. The van der Waals surface area contributed by atoms with Crippen LogP contribution < -0.4 is 11.1 Å². The maximum absolute atomic E-state index is 13.3. The lowest BCUT2D eigenvalue weighted by Gasteiger charge is -2.33. The standard InChI is InChI=1S/C30H51N3O4/c1-6-7-8-9-10-11-12-13-14-18-21-32-28(34)27(24(4)5)33(29(35)26(31)23(2)3)30(36)37-22-25-19-16-15-17-20-25/h15-17,19-20,23-24,26-27H,6-14,18,21-22,31H2,1-5H3,(H,32,34)/t26-,27-/m0/s1. The lowest BCUT2D eigenvalue weighted by molar-refractivity contribution is -0.141. The number of unbranched alkanes of at least 4 members (excludes halogenated alkanes) is 9. The maximum Gasteiger partial charge on any atom is 0.417 e. The van der Waals surface area contributed by atoms with Crippen LogP contribution in [0.25, 0.3) is 0 Å². The van der Waals surface area contributed by atoms with Gasteiger partial charge in [-0.05, 0) is 23.8 Å². The smallest absolute Gasteiger partial charge is 0.417 e. The van der Waals surface area contributed by atoms with Crippen molar-refractivity contribution in [2.75, 3.05) is 6.54 Å². The molecule has 7 nitrogen and oxygen atoms in total. The van der Waals surface area contributed by atoms with Gasteiger partial charge in [0, 0.05) is 6.54 Å². The number of hydrogen-bond acceptors (Lipinski definition) is 5. The number of nitrogens with zero attached hydrogens (tertiary/aromatic N) is 1. The van der Waals surface area contributed by atoms with Gasteiger partial charge < -0.3 is 15.8 Å². The van der Waals surface area contributed by atoms with Crippen LogP contribution >= 0.6 is 0 Å². The van der Waals surface area contributed by atoms with Gasteiger partial charge >= 0.3 is 6.09 Å². The van der Waals surface area contributed by atoms with Crippen molar-refractivity contribution in [2.45, 2.75) is 118 Å². The quantitative estimate of drug-likeness (QED) is 0.226. The van der Waals surface area contributed by atoms with Crippen LogP contribution in [0.15, 0.2) is 30.3 Å². The topological polar surface area (TPSA) is 102 Å².